The number of ether oxygens (including phenoxy) is 1. The second-order valence-corrected chi connectivity index (χ2v) is 8.88. The van der Waals surface area contributed by atoms with Crippen molar-refractivity contribution in [3.63, 3.8) is 0 Å². The van der Waals surface area contributed by atoms with Crippen molar-refractivity contribution in [1.82, 2.24) is 15.2 Å². The van der Waals surface area contributed by atoms with Crippen molar-refractivity contribution in [1.29, 1.82) is 0 Å². The van der Waals surface area contributed by atoms with Crippen molar-refractivity contribution in [3.8, 4) is 0 Å². The average molecular weight is 377 g/mol. The van der Waals surface area contributed by atoms with Gasteiger partial charge in [0.25, 0.3) is 0 Å². The maximum absolute atomic E-state index is 12.1. The Hall–Kier alpha value is -2.11. The quantitative estimate of drug-likeness (QED) is 0.805. The summed E-state index contributed by atoms with van der Waals surface area (Å²) in [6, 6.07) is 9.78. The van der Waals surface area contributed by atoms with Crippen molar-refractivity contribution in [3.05, 3.63) is 47.7 Å². The lowest BCUT2D eigenvalue weighted by atomic mass is 9.75. The maximum Gasteiger partial charge on any atom is 0.331 e. The number of aromatic amines is 1. The van der Waals surface area contributed by atoms with E-state index in [0.29, 0.717) is 18.1 Å². The number of esters is 1. The van der Waals surface area contributed by atoms with Gasteiger partial charge in [0.05, 0.1) is 6.04 Å². The zero-order chi connectivity index (χ0) is 18.7. The van der Waals surface area contributed by atoms with Gasteiger partial charge in [-0.2, -0.15) is 0 Å². The number of rotatable bonds is 4. The van der Waals surface area contributed by atoms with Crippen LogP contribution in [0.3, 0.4) is 0 Å². The second-order valence-electron chi connectivity index (χ2n) is 8.88. The number of carbonyl (C=O) groups excluding carboxylic acids is 1. The highest BCUT2D eigenvalue weighted by Crippen LogP contribution is 2.53. The zero-order valence-corrected chi connectivity index (χ0v) is 16.1. The number of fused-ring (bicyclic) bond motifs is 4. The average Bonchev–Trinajstić information content (AvgIpc) is 3.36. The number of hydrogen-bond acceptors (Lipinski definition) is 4. The number of H-pyrrole nitrogens is 1. The van der Waals surface area contributed by atoms with E-state index in [9.17, 15) is 4.79 Å². The highest BCUT2D eigenvalue weighted by atomic mass is 16.6. The lowest BCUT2D eigenvalue weighted by Crippen LogP contribution is -2.50. The smallest absolute Gasteiger partial charge is 0.331 e. The molecule has 4 aliphatic rings. The van der Waals surface area contributed by atoms with E-state index in [2.05, 4.69) is 45.7 Å². The van der Waals surface area contributed by atoms with Crippen LogP contribution >= 0.6 is 0 Å². The van der Waals surface area contributed by atoms with Crippen LogP contribution in [0.4, 0.5) is 0 Å². The molecule has 2 aromatic rings. The number of nitrogens with zero attached hydrogens (tertiary/aromatic N) is 1. The van der Waals surface area contributed by atoms with E-state index >= 15 is 0 Å². The molecule has 1 aliphatic carbocycles. The van der Waals surface area contributed by atoms with E-state index in [1.807, 2.05) is 0 Å². The minimum absolute atomic E-state index is 0.124. The molecule has 2 saturated heterocycles. The summed E-state index contributed by atoms with van der Waals surface area (Å²) in [6.45, 7) is 2.10. The van der Waals surface area contributed by atoms with Crippen LogP contribution in [0.2, 0.25) is 0 Å². The van der Waals surface area contributed by atoms with Crippen LogP contribution in [0.15, 0.2) is 42.1 Å². The van der Waals surface area contributed by atoms with E-state index in [1.54, 1.807) is 6.08 Å². The molecule has 146 valence electrons. The summed E-state index contributed by atoms with van der Waals surface area (Å²) in [4.78, 5) is 18.2. The Morgan fingerprint density at radius 3 is 3.18 bits per heavy atom. The Balaban J connectivity index is 1.21. The molecule has 1 spiro atoms. The van der Waals surface area contributed by atoms with Gasteiger partial charge in [0.15, 0.2) is 5.60 Å². The number of para-hydroxylation sites is 1. The number of nitrogens with one attached hydrogen (secondary N) is 2. The first-order valence-electron chi connectivity index (χ1n) is 10.7. The summed E-state index contributed by atoms with van der Waals surface area (Å²) < 4.78 is 5.97. The first-order chi connectivity index (χ1) is 13.7. The molecule has 0 amide bonds. The molecule has 3 aliphatic heterocycles. The van der Waals surface area contributed by atoms with Crippen molar-refractivity contribution in [2.45, 2.75) is 62.3 Å². The molecule has 1 saturated carbocycles. The molecule has 28 heavy (non-hydrogen) atoms. The lowest BCUT2D eigenvalue weighted by Gasteiger charge is -2.38. The summed E-state index contributed by atoms with van der Waals surface area (Å²) >= 11 is 0. The van der Waals surface area contributed by atoms with Crippen LogP contribution in [-0.4, -0.2) is 52.7 Å². The van der Waals surface area contributed by atoms with Gasteiger partial charge in [-0.15, -0.1) is 0 Å². The SMILES string of the molecule is O=C1C=C2CC(NCCc3c[nH]c4ccccc34)C3CC2(O1)C1CCCCN31. The summed E-state index contributed by atoms with van der Waals surface area (Å²) in [5, 5.41) is 5.17. The fourth-order valence-electron chi connectivity index (χ4n) is 6.33. The topological polar surface area (TPSA) is 57.4 Å². The van der Waals surface area contributed by atoms with Crippen LogP contribution in [0.1, 0.15) is 37.7 Å². The zero-order valence-electron chi connectivity index (χ0n) is 16.1. The van der Waals surface area contributed by atoms with Gasteiger partial charge >= 0.3 is 5.97 Å². The number of benzene rings is 1. The first-order valence-corrected chi connectivity index (χ1v) is 10.7. The summed E-state index contributed by atoms with van der Waals surface area (Å²) in [7, 11) is 0. The molecule has 5 heteroatoms. The van der Waals surface area contributed by atoms with Gasteiger partial charge in [0, 0.05) is 41.7 Å². The second kappa shape index (κ2) is 6.19. The molecule has 2 N–H and O–H groups in total. The minimum atomic E-state index is -0.308. The number of hydrogen-bond donors (Lipinski definition) is 2. The lowest BCUT2D eigenvalue weighted by molar-refractivity contribution is -0.148. The van der Waals surface area contributed by atoms with E-state index in [1.165, 1.54) is 34.9 Å². The van der Waals surface area contributed by atoms with Crippen LogP contribution in [0.5, 0.6) is 0 Å². The molecule has 4 heterocycles. The van der Waals surface area contributed by atoms with Crippen LogP contribution < -0.4 is 5.32 Å². The normalized spacial score (nSPS) is 34.2. The summed E-state index contributed by atoms with van der Waals surface area (Å²) in [5.41, 5.74) is 3.51. The van der Waals surface area contributed by atoms with Crippen LogP contribution in [0, 0.1) is 0 Å². The minimum Gasteiger partial charge on any atom is -0.450 e. The maximum atomic E-state index is 12.1. The Labute approximate surface area is 165 Å². The van der Waals surface area contributed by atoms with Crippen LogP contribution in [0.25, 0.3) is 10.9 Å². The number of aromatic nitrogens is 1. The predicted molar refractivity (Wildman–Crippen MR) is 108 cm³/mol. The fraction of sp³-hybridized carbons (Fsp3) is 0.522. The van der Waals surface area contributed by atoms with Gasteiger partial charge in [-0.3, -0.25) is 4.90 Å². The summed E-state index contributed by atoms with van der Waals surface area (Å²) in [6.07, 6.45) is 10.5. The molecular formula is C23H27N3O2. The molecule has 0 radical (unpaired) electrons. The molecule has 4 unspecified atom stereocenters. The third-order valence-corrected chi connectivity index (χ3v) is 7.52. The molecule has 3 fully saturated rings. The number of carbonyl (C=O) groups is 1. The molecule has 5 nitrogen and oxygen atoms in total. The van der Waals surface area contributed by atoms with E-state index in [4.69, 9.17) is 4.74 Å². The third-order valence-electron chi connectivity index (χ3n) is 7.52. The Morgan fingerprint density at radius 2 is 2.21 bits per heavy atom. The molecule has 2 bridgehead atoms. The van der Waals surface area contributed by atoms with Crippen LogP contribution in [-0.2, 0) is 16.0 Å². The first kappa shape index (κ1) is 16.8. The van der Waals surface area contributed by atoms with Gasteiger partial charge in [0.2, 0.25) is 0 Å². The molecule has 4 atom stereocenters. The third kappa shape index (κ3) is 2.36. The van der Waals surface area contributed by atoms with E-state index < -0.39 is 0 Å². The van der Waals surface area contributed by atoms with Crippen molar-refractivity contribution >= 4 is 16.9 Å². The van der Waals surface area contributed by atoms with Gasteiger partial charge in [0.1, 0.15) is 0 Å². The Bertz CT molecular complexity index is 964. The van der Waals surface area contributed by atoms with Crippen molar-refractivity contribution < 1.29 is 9.53 Å². The Kier molecular flexibility index (Phi) is 3.72. The van der Waals surface area contributed by atoms with Gasteiger partial charge in [-0.1, -0.05) is 24.6 Å². The summed E-state index contributed by atoms with van der Waals surface area (Å²) in [5.74, 6) is -0.124. The highest BCUT2D eigenvalue weighted by Gasteiger charge is 2.63. The largest absolute Gasteiger partial charge is 0.450 e. The standard InChI is InChI=1S/C23H27N3O2/c27-22-12-16-11-19(20-13-23(16,28-22)21-7-3-4-10-26(20)21)24-9-8-15-14-25-18-6-2-1-5-17(15)18/h1-2,5-6,12,14,19-21,24-25H,3-4,7-11,13H2. The predicted octanol–water partition coefficient (Wildman–Crippen LogP) is 2.92. The van der Waals surface area contributed by atoms with Gasteiger partial charge in [-0.25, -0.2) is 4.79 Å². The number of piperidine rings is 1. The van der Waals surface area contributed by atoms with Gasteiger partial charge < -0.3 is 15.0 Å². The van der Waals surface area contributed by atoms with E-state index in [0.717, 1.165) is 38.8 Å². The van der Waals surface area contributed by atoms with Crippen molar-refractivity contribution in [2.75, 3.05) is 13.1 Å². The van der Waals surface area contributed by atoms with Gasteiger partial charge in [-0.05, 0) is 56.0 Å². The monoisotopic (exact) mass is 377 g/mol. The van der Waals surface area contributed by atoms with E-state index in [-0.39, 0.29) is 11.6 Å². The Morgan fingerprint density at radius 1 is 1.29 bits per heavy atom. The molecule has 1 aromatic carbocycles. The molecule has 6 rings (SSSR count). The molecular weight excluding hydrogens is 350 g/mol. The van der Waals surface area contributed by atoms with Crippen molar-refractivity contribution in [2.24, 2.45) is 0 Å². The molecule has 1 aromatic heterocycles. The highest BCUT2D eigenvalue weighted by molar-refractivity contribution is 5.87. The fourth-order valence-corrected chi connectivity index (χ4v) is 6.33.